The van der Waals surface area contributed by atoms with Gasteiger partial charge in [0.25, 0.3) is 10.0 Å². The fraction of sp³-hybridized carbons (Fsp3) is 0.286. The minimum atomic E-state index is -4.24. The molecule has 0 aromatic heterocycles. The molecular formula is C28H30Cl2FN3O4S. The van der Waals surface area contributed by atoms with Crippen molar-refractivity contribution in [1.82, 2.24) is 10.2 Å². The van der Waals surface area contributed by atoms with Crippen molar-refractivity contribution in [1.29, 1.82) is 0 Å². The predicted octanol–water partition coefficient (Wildman–Crippen LogP) is 5.58. The van der Waals surface area contributed by atoms with E-state index in [1.807, 2.05) is 6.92 Å². The molecule has 0 fully saturated rings. The minimum Gasteiger partial charge on any atom is -0.355 e. The van der Waals surface area contributed by atoms with Crippen molar-refractivity contribution in [2.24, 2.45) is 0 Å². The first-order valence-corrected chi connectivity index (χ1v) is 14.5. The molecule has 0 saturated heterocycles. The molecule has 0 aliphatic carbocycles. The maximum atomic E-state index is 13.9. The lowest BCUT2D eigenvalue weighted by molar-refractivity contribution is -0.140. The van der Waals surface area contributed by atoms with Crippen molar-refractivity contribution in [3.63, 3.8) is 0 Å². The monoisotopic (exact) mass is 593 g/mol. The molecule has 1 atom stereocenters. The van der Waals surface area contributed by atoms with Gasteiger partial charge in [-0.05, 0) is 74.4 Å². The molecule has 0 aliphatic heterocycles. The Labute approximate surface area is 238 Å². The zero-order valence-electron chi connectivity index (χ0n) is 21.8. The highest BCUT2D eigenvalue weighted by Gasteiger charge is 2.33. The zero-order valence-corrected chi connectivity index (χ0v) is 24.2. The molecule has 1 N–H and O–H groups in total. The van der Waals surface area contributed by atoms with Crippen molar-refractivity contribution in [2.45, 2.75) is 44.7 Å². The van der Waals surface area contributed by atoms with Crippen molar-refractivity contribution < 1.29 is 22.4 Å². The standard InChI is InChI=1S/C28H30Cl2FN3O4S/c1-4-26(28(36)32-5-2)33(17-20-8-15-24(29)25(30)16-20)27(35)18-34(22-11-9-21(31)10-12-22)39(37,38)23-13-6-19(3)7-14-23/h6-16,26H,4-5,17-18H2,1-3H3,(H,32,36)/t26-/m1/s1. The number of hydrogen-bond donors (Lipinski definition) is 1. The lowest BCUT2D eigenvalue weighted by Crippen LogP contribution is -2.52. The second-order valence-corrected chi connectivity index (χ2v) is 11.6. The summed E-state index contributed by atoms with van der Waals surface area (Å²) in [6, 6.07) is 15.0. The first-order chi connectivity index (χ1) is 18.5. The number of amides is 2. The van der Waals surface area contributed by atoms with Gasteiger partial charge in [0.05, 0.1) is 20.6 Å². The van der Waals surface area contributed by atoms with Crippen LogP contribution in [0.3, 0.4) is 0 Å². The van der Waals surface area contributed by atoms with Gasteiger partial charge in [-0.3, -0.25) is 13.9 Å². The summed E-state index contributed by atoms with van der Waals surface area (Å²) in [5, 5.41) is 3.35. The Morgan fingerprint density at radius 3 is 2.15 bits per heavy atom. The predicted molar refractivity (Wildman–Crippen MR) is 152 cm³/mol. The number of nitrogens with zero attached hydrogens (tertiary/aromatic N) is 2. The van der Waals surface area contributed by atoms with Gasteiger partial charge in [0, 0.05) is 13.1 Å². The summed E-state index contributed by atoms with van der Waals surface area (Å²) in [5.41, 5.74) is 1.57. The number of aryl methyl sites for hydroxylation is 1. The summed E-state index contributed by atoms with van der Waals surface area (Å²) < 4.78 is 42.1. The average Bonchev–Trinajstić information content (AvgIpc) is 2.90. The van der Waals surface area contributed by atoms with E-state index in [-0.39, 0.29) is 34.5 Å². The fourth-order valence-corrected chi connectivity index (χ4v) is 5.75. The normalized spacial score (nSPS) is 12.1. The second-order valence-electron chi connectivity index (χ2n) is 8.89. The summed E-state index contributed by atoms with van der Waals surface area (Å²) in [4.78, 5) is 28.1. The Morgan fingerprint density at radius 1 is 0.949 bits per heavy atom. The lowest BCUT2D eigenvalue weighted by Gasteiger charge is -2.33. The van der Waals surface area contributed by atoms with Crippen LogP contribution in [0.4, 0.5) is 10.1 Å². The average molecular weight is 595 g/mol. The molecule has 0 aliphatic rings. The van der Waals surface area contributed by atoms with Crippen LogP contribution in [-0.4, -0.2) is 44.3 Å². The van der Waals surface area contributed by atoms with Gasteiger partial charge in [-0.15, -0.1) is 0 Å². The van der Waals surface area contributed by atoms with Crippen molar-refractivity contribution in [3.05, 3.63) is 93.7 Å². The van der Waals surface area contributed by atoms with E-state index in [9.17, 15) is 22.4 Å². The van der Waals surface area contributed by atoms with Gasteiger partial charge in [-0.25, -0.2) is 12.8 Å². The molecule has 2 amide bonds. The van der Waals surface area contributed by atoms with E-state index in [0.29, 0.717) is 17.1 Å². The topological polar surface area (TPSA) is 86.8 Å². The number of hydrogen-bond acceptors (Lipinski definition) is 4. The van der Waals surface area contributed by atoms with Crippen molar-refractivity contribution in [3.8, 4) is 0 Å². The third-order valence-corrected chi connectivity index (χ3v) is 8.60. The van der Waals surface area contributed by atoms with Crippen molar-refractivity contribution in [2.75, 3.05) is 17.4 Å². The molecule has 0 spiro atoms. The summed E-state index contributed by atoms with van der Waals surface area (Å²) in [6.07, 6.45) is 0.278. The van der Waals surface area contributed by atoms with Gasteiger partial charge < -0.3 is 10.2 Å². The maximum Gasteiger partial charge on any atom is 0.264 e. The summed E-state index contributed by atoms with van der Waals surface area (Å²) in [5.74, 6) is -1.55. The van der Waals surface area contributed by atoms with Crippen molar-refractivity contribution >= 4 is 50.7 Å². The molecule has 0 radical (unpaired) electrons. The van der Waals surface area contributed by atoms with Gasteiger partial charge in [-0.1, -0.05) is 53.9 Å². The molecule has 0 bridgehead atoms. The van der Waals surface area contributed by atoms with E-state index in [0.717, 1.165) is 22.0 Å². The van der Waals surface area contributed by atoms with E-state index in [2.05, 4.69) is 5.32 Å². The van der Waals surface area contributed by atoms with E-state index in [1.165, 1.54) is 29.2 Å². The number of sulfonamides is 1. The van der Waals surface area contributed by atoms with Crippen LogP contribution in [0.1, 0.15) is 31.4 Å². The molecule has 11 heteroatoms. The first-order valence-electron chi connectivity index (χ1n) is 12.3. The molecule has 0 saturated carbocycles. The molecule has 3 rings (SSSR count). The Bertz CT molecular complexity index is 1420. The third kappa shape index (κ3) is 7.50. The number of likely N-dealkylation sites (N-methyl/N-ethyl adjacent to an activating group) is 1. The molecule has 0 unspecified atom stereocenters. The highest BCUT2D eigenvalue weighted by Crippen LogP contribution is 2.27. The van der Waals surface area contributed by atoms with Gasteiger partial charge in [0.2, 0.25) is 11.8 Å². The molecule has 7 nitrogen and oxygen atoms in total. The maximum absolute atomic E-state index is 13.9. The Morgan fingerprint density at radius 2 is 1.59 bits per heavy atom. The summed E-state index contributed by atoms with van der Waals surface area (Å²) in [7, 11) is -4.24. The van der Waals surface area contributed by atoms with Crippen LogP contribution < -0.4 is 9.62 Å². The van der Waals surface area contributed by atoms with Crippen LogP contribution in [0.25, 0.3) is 0 Å². The van der Waals surface area contributed by atoms with E-state index >= 15 is 0 Å². The summed E-state index contributed by atoms with van der Waals surface area (Å²) >= 11 is 12.2. The largest absolute Gasteiger partial charge is 0.355 e. The number of rotatable bonds is 11. The molecule has 208 valence electrons. The number of anilines is 1. The molecule has 39 heavy (non-hydrogen) atoms. The van der Waals surface area contributed by atoms with Crippen LogP contribution >= 0.6 is 23.2 Å². The SMILES string of the molecule is CCNC(=O)[C@@H](CC)N(Cc1ccc(Cl)c(Cl)c1)C(=O)CN(c1ccc(F)cc1)S(=O)(=O)c1ccc(C)cc1. The lowest BCUT2D eigenvalue weighted by atomic mass is 10.1. The van der Waals surface area contributed by atoms with Gasteiger partial charge in [-0.2, -0.15) is 0 Å². The molecular weight excluding hydrogens is 564 g/mol. The van der Waals surface area contributed by atoms with Gasteiger partial charge in [0.15, 0.2) is 0 Å². The quantitative estimate of drug-likeness (QED) is 0.314. The molecule has 0 heterocycles. The Hall–Kier alpha value is -3.14. The number of carbonyl (C=O) groups excluding carboxylic acids is 2. The van der Waals surface area contributed by atoms with Crippen LogP contribution in [0.15, 0.2) is 71.6 Å². The van der Waals surface area contributed by atoms with Crippen LogP contribution in [0.2, 0.25) is 10.0 Å². The van der Waals surface area contributed by atoms with Crippen LogP contribution in [-0.2, 0) is 26.2 Å². The van der Waals surface area contributed by atoms with E-state index < -0.39 is 34.3 Å². The molecule has 3 aromatic carbocycles. The number of nitrogens with one attached hydrogen (secondary N) is 1. The van der Waals surface area contributed by atoms with Gasteiger partial charge >= 0.3 is 0 Å². The summed E-state index contributed by atoms with van der Waals surface area (Å²) in [6.45, 7) is 5.06. The van der Waals surface area contributed by atoms with Gasteiger partial charge in [0.1, 0.15) is 18.4 Å². The highest BCUT2D eigenvalue weighted by atomic mass is 35.5. The van der Waals surface area contributed by atoms with E-state index in [4.69, 9.17) is 23.2 Å². The second kappa shape index (κ2) is 13.3. The minimum absolute atomic E-state index is 0.0206. The smallest absolute Gasteiger partial charge is 0.264 e. The fourth-order valence-electron chi connectivity index (χ4n) is 4.02. The Kier molecular flexibility index (Phi) is 10.4. The highest BCUT2D eigenvalue weighted by molar-refractivity contribution is 7.92. The number of halogens is 3. The molecule has 3 aromatic rings. The van der Waals surface area contributed by atoms with Crippen LogP contribution in [0, 0.1) is 12.7 Å². The number of carbonyl (C=O) groups is 2. The zero-order chi connectivity index (χ0) is 28.7. The number of benzene rings is 3. The Balaban J connectivity index is 2.06. The third-order valence-electron chi connectivity index (χ3n) is 6.08. The first kappa shape index (κ1) is 30.4. The van der Waals surface area contributed by atoms with Crippen LogP contribution in [0.5, 0.6) is 0 Å². The van der Waals surface area contributed by atoms with E-state index in [1.54, 1.807) is 44.2 Å².